The number of nitrogens with one attached hydrogen (secondary N) is 1. The molecule has 0 aromatic carbocycles. The van der Waals surface area contributed by atoms with Crippen LogP contribution >= 0.6 is 22.9 Å². The van der Waals surface area contributed by atoms with Gasteiger partial charge in [0.25, 0.3) is 0 Å². The van der Waals surface area contributed by atoms with Crippen LogP contribution in [0.5, 0.6) is 0 Å². The predicted octanol–water partition coefficient (Wildman–Crippen LogP) is 0.671. The smallest absolute Gasteiger partial charge is 0.239 e. The number of carbonyl (C=O) groups is 1. The summed E-state index contributed by atoms with van der Waals surface area (Å²) in [5, 5.41) is 11.6. The quantitative estimate of drug-likeness (QED) is 0.885. The van der Waals surface area contributed by atoms with Crippen LogP contribution < -0.4 is 5.32 Å². The maximum absolute atomic E-state index is 12.2. The van der Waals surface area contributed by atoms with Gasteiger partial charge in [-0.15, -0.1) is 10.2 Å². The minimum atomic E-state index is -0.239. The van der Waals surface area contributed by atoms with E-state index in [1.165, 1.54) is 11.3 Å². The van der Waals surface area contributed by atoms with E-state index in [4.69, 9.17) is 16.3 Å². The largest absolute Gasteiger partial charge is 0.378 e. The fraction of sp³-hybridized carbons (Fsp3) is 0.727. The zero-order valence-electron chi connectivity index (χ0n) is 10.3. The second-order valence-electron chi connectivity index (χ2n) is 4.79. The van der Waals surface area contributed by atoms with Gasteiger partial charge in [-0.1, -0.05) is 11.3 Å². The van der Waals surface area contributed by atoms with Crippen LogP contribution in [-0.4, -0.2) is 52.8 Å². The molecule has 1 amide bonds. The Balaban J connectivity index is 1.64. The first-order valence-electron chi connectivity index (χ1n) is 6.32. The first-order valence-corrected chi connectivity index (χ1v) is 7.52. The van der Waals surface area contributed by atoms with E-state index < -0.39 is 0 Å². The summed E-state index contributed by atoms with van der Waals surface area (Å²) in [7, 11) is 0. The van der Waals surface area contributed by atoms with Crippen molar-refractivity contribution in [2.75, 3.05) is 19.8 Å². The van der Waals surface area contributed by atoms with Crippen LogP contribution in [0, 0.1) is 0 Å². The molecule has 2 aliphatic rings. The lowest BCUT2D eigenvalue weighted by Crippen LogP contribution is -2.53. The molecular formula is C11H15ClN4O2S. The minimum Gasteiger partial charge on any atom is -0.378 e. The summed E-state index contributed by atoms with van der Waals surface area (Å²) in [6.45, 7) is 2.39. The molecule has 1 aromatic rings. The van der Waals surface area contributed by atoms with E-state index in [9.17, 15) is 4.79 Å². The minimum absolute atomic E-state index is 0.0535. The number of rotatable bonds is 4. The average Bonchev–Trinajstić information content (AvgIpc) is 3.12. The van der Waals surface area contributed by atoms with Crippen molar-refractivity contribution in [3.63, 3.8) is 0 Å². The summed E-state index contributed by atoms with van der Waals surface area (Å²) in [5.74, 6) is 0.0535. The molecule has 1 atom stereocenters. The van der Waals surface area contributed by atoms with Gasteiger partial charge in [-0.05, 0) is 24.4 Å². The Kier molecular flexibility index (Phi) is 3.97. The molecule has 1 saturated carbocycles. The van der Waals surface area contributed by atoms with E-state index in [0.717, 1.165) is 24.4 Å². The Morgan fingerprint density at radius 2 is 2.37 bits per heavy atom. The number of aromatic nitrogens is 2. The van der Waals surface area contributed by atoms with Crippen molar-refractivity contribution in [1.29, 1.82) is 0 Å². The highest BCUT2D eigenvalue weighted by atomic mass is 35.5. The molecule has 1 aromatic heterocycles. The number of nitrogens with zero attached hydrogens (tertiary/aromatic N) is 3. The van der Waals surface area contributed by atoms with Gasteiger partial charge in [0.15, 0.2) is 0 Å². The third-order valence-electron chi connectivity index (χ3n) is 3.25. The SMILES string of the molecule is O=C(NC1CC1)C1COCCN1Cc1nnc(Cl)s1. The third-order valence-corrected chi connectivity index (χ3v) is 4.25. The molecule has 1 N–H and O–H groups in total. The van der Waals surface area contributed by atoms with Gasteiger partial charge in [0.1, 0.15) is 11.0 Å². The number of carbonyl (C=O) groups excluding carboxylic acids is 1. The number of amides is 1. The van der Waals surface area contributed by atoms with Crippen molar-refractivity contribution in [1.82, 2.24) is 20.4 Å². The van der Waals surface area contributed by atoms with Gasteiger partial charge in [0.2, 0.25) is 10.4 Å². The molecule has 1 aliphatic heterocycles. The van der Waals surface area contributed by atoms with Crippen LogP contribution in [0.2, 0.25) is 4.47 Å². The van der Waals surface area contributed by atoms with Gasteiger partial charge >= 0.3 is 0 Å². The van der Waals surface area contributed by atoms with E-state index in [0.29, 0.717) is 30.3 Å². The topological polar surface area (TPSA) is 67.3 Å². The molecule has 19 heavy (non-hydrogen) atoms. The third kappa shape index (κ3) is 3.42. The summed E-state index contributed by atoms with van der Waals surface area (Å²) in [6.07, 6.45) is 2.18. The first kappa shape index (κ1) is 13.2. The number of ether oxygens (including phenoxy) is 1. The standard InChI is InChI=1S/C11H15ClN4O2S/c12-11-15-14-9(19-11)5-16-3-4-18-6-8(16)10(17)13-7-1-2-7/h7-8H,1-6H2,(H,13,17). The van der Waals surface area contributed by atoms with Crippen molar-refractivity contribution in [3.05, 3.63) is 9.47 Å². The fourth-order valence-corrected chi connectivity index (χ4v) is 2.96. The van der Waals surface area contributed by atoms with Gasteiger partial charge < -0.3 is 10.1 Å². The van der Waals surface area contributed by atoms with Gasteiger partial charge in [0, 0.05) is 12.6 Å². The van der Waals surface area contributed by atoms with Gasteiger partial charge in [0.05, 0.1) is 19.8 Å². The van der Waals surface area contributed by atoms with E-state index in [1.807, 2.05) is 0 Å². The van der Waals surface area contributed by atoms with Crippen LogP contribution in [0.1, 0.15) is 17.8 Å². The Morgan fingerprint density at radius 1 is 1.53 bits per heavy atom. The molecule has 1 unspecified atom stereocenters. The van der Waals surface area contributed by atoms with Crippen LogP contribution in [0.4, 0.5) is 0 Å². The summed E-state index contributed by atoms with van der Waals surface area (Å²) in [6, 6.07) is 0.129. The van der Waals surface area contributed by atoms with Crippen molar-refractivity contribution < 1.29 is 9.53 Å². The van der Waals surface area contributed by atoms with Gasteiger partial charge in [-0.3, -0.25) is 9.69 Å². The maximum Gasteiger partial charge on any atom is 0.239 e. The van der Waals surface area contributed by atoms with Crippen molar-refractivity contribution in [2.24, 2.45) is 0 Å². The highest BCUT2D eigenvalue weighted by Crippen LogP contribution is 2.21. The van der Waals surface area contributed by atoms with Crippen LogP contribution in [-0.2, 0) is 16.1 Å². The van der Waals surface area contributed by atoms with E-state index in [-0.39, 0.29) is 11.9 Å². The average molecular weight is 303 g/mol. The number of hydrogen-bond donors (Lipinski definition) is 1. The van der Waals surface area contributed by atoms with Crippen LogP contribution in [0.25, 0.3) is 0 Å². The Hall–Kier alpha value is -0.760. The van der Waals surface area contributed by atoms with Crippen molar-refractivity contribution >= 4 is 28.8 Å². The Labute approximate surface area is 120 Å². The number of hydrogen-bond acceptors (Lipinski definition) is 6. The lowest BCUT2D eigenvalue weighted by molar-refractivity contribution is -0.133. The molecule has 0 radical (unpaired) electrons. The van der Waals surface area contributed by atoms with E-state index in [1.54, 1.807) is 0 Å². The van der Waals surface area contributed by atoms with Gasteiger partial charge in [-0.25, -0.2) is 0 Å². The molecular weight excluding hydrogens is 288 g/mol. The fourth-order valence-electron chi connectivity index (χ4n) is 2.06. The summed E-state index contributed by atoms with van der Waals surface area (Å²) in [5.41, 5.74) is 0. The molecule has 2 fully saturated rings. The summed E-state index contributed by atoms with van der Waals surface area (Å²) in [4.78, 5) is 14.2. The second-order valence-corrected chi connectivity index (χ2v) is 6.44. The second kappa shape index (κ2) is 5.70. The van der Waals surface area contributed by atoms with Crippen LogP contribution in [0.15, 0.2) is 0 Å². The van der Waals surface area contributed by atoms with E-state index >= 15 is 0 Å². The zero-order valence-corrected chi connectivity index (χ0v) is 11.9. The molecule has 1 saturated heterocycles. The monoisotopic (exact) mass is 302 g/mol. The zero-order chi connectivity index (χ0) is 13.2. The van der Waals surface area contributed by atoms with E-state index in [2.05, 4.69) is 20.4 Å². The lowest BCUT2D eigenvalue weighted by atomic mass is 10.2. The lowest BCUT2D eigenvalue weighted by Gasteiger charge is -2.33. The van der Waals surface area contributed by atoms with Crippen LogP contribution in [0.3, 0.4) is 0 Å². The number of halogens is 1. The molecule has 8 heteroatoms. The predicted molar refractivity (Wildman–Crippen MR) is 71.1 cm³/mol. The summed E-state index contributed by atoms with van der Waals surface area (Å²) >= 11 is 7.13. The highest BCUT2D eigenvalue weighted by molar-refractivity contribution is 7.15. The number of morpholine rings is 1. The molecule has 104 valence electrons. The molecule has 3 rings (SSSR count). The van der Waals surface area contributed by atoms with Crippen molar-refractivity contribution in [2.45, 2.75) is 31.5 Å². The first-order chi connectivity index (χ1) is 9.22. The molecule has 1 aliphatic carbocycles. The Morgan fingerprint density at radius 3 is 3.05 bits per heavy atom. The molecule has 0 spiro atoms. The maximum atomic E-state index is 12.2. The van der Waals surface area contributed by atoms with Gasteiger partial charge in [-0.2, -0.15) is 0 Å². The highest BCUT2D eigenvalue weighted by Gasteiger charge is 2.33. The Bertz CT molecular complexity index is 465. The normalized spacial score (nSPS) is 24.4. The molecule has 0 bridgehead atoms. The molecule has 6 nitrogen and oxygen atoms in total. The van der Waals surface area contributed by atoms with Crippen molar-refractivity contribution in [3.8, 4) is 0 Å². The summed E-state index contributed by atoms with van der Waals surface area (Å²) < 4.78 is 5.85. The molecule has 2 heterocycles.